The highest BCUT2D eigenvalue weighted by Gasteiger charge is 2.56. The van der Waals surface area contributed by atoms with Gasteiger partial charge in [-0.15, -0.1) is 0 Å². The van der Waals surface area contributed by atoms with E-state index in [2.05, 4.69) is 9.78 Å². The zero-order chi connectivity index (χ0) is 31.3. The fourth-order valence-corrected chi connectivity index (χ4v) is 3.14. The van der Waals surface area contributed by atoms with Crippen LogP contribution in [0.3, 0.4) is 0 Å². The first kappa shape index (κ1) is 36.6. The van der Waals surface area contributed by atoms with Crippen molar-refractivity contribution in [3.63, 3.8) is 0 Å². The largest absolute Gasteiger partial charge is 0.452 e. The van der Waals surface area contributed by atoms with Gasteiger partial charge in [0.1, 0.15) is 0 Å². The van der Waals surface area contributed by atoms with E-state index in [1.165, 1.54) is 13.8 Å². The molecule has 0 rings (SSSR count). The van der Waals surface area contributed by atoms with Gasteiger partial charge in [-0.05, 0) is 38.8 Å². The Bertz CT molecular complexity index is 932. The van der Waals surface area contributed by atoms with Gasteiger partial charge in [0, 0.05) is 33.1 Å². The normalized spacial score (nSPS) is 16.3. The third-order valence-corrected chi connectivity index (χ3v) is 5.38. The highest BCUT2D eigenvalue weighted by atomic mass is 17.2. The summed E-state index contributed by atoms with van der Waals surface area (Å²) in [5.41, 5.74) is 21.3. The molecule has 0 aromatic heterocycles. The molecule has 0 radical (unpaired) electrons. The number of esters is 4. The van der Waals surface area contributed by atoms with Crippen LogP contribution in [-0.2, 0) is 57.5 Å². The molecule has 0 aliphatic heterocycles. The molecule has 0 amide bonds. The number of unbranched alkanes of at least 4 members (excludes halogenated alkanes) is 1. The average molecular weight is 580 g/mol. The standard InChI is InChI=1S/C23H41N5O12/c1-13(2)22(27,37-15(4)30)19(33)38-23(28,20(34)40-39-16(5)31)17(9-8-12-25)35-18(32)21(26,36-14(3)29)10-6-7-11-24/h13,17H,6-12,24-28H2,1-5H3/t17?,21-,22-,23-/m1/s1. The first-order valence-corrected chi connectivity index (χ1v) is 12.4. The van der Waals surface area contributed by atoms with E-state index >= 15 is 0 Å². The lowest BCUT2D eigenvalue weighted by molar-refractivity contribution is -0.279. The molecule has 0 saturated carbocycles. The van der Waals surface area contributed by atoms with Gasteiger partial charge >= 0.3 is 41.5 Å². The molecule has 230 valence electrons. The molecule has 10 N–H and O–H groups in total. The van der Waals surface area contributed by atoms with Crippen molar-refractivity contribution in [2.75, 3.05) is 13.1 Å². The number of carbonyl (C=O) groups is 6. The number of ether oxygens (including phenoxy) is 4. The van der Waals surface area contributed by atoms with Gasteiger partial charge in [-0.3, -0.25) is 26.8 Å². The molecule has 0 bridgehead atoms. The van der Waals surface area contributed by atoms with Crippen LogP contribution in [0.15, 0.2) is 0 Å². The minimum absolute atomic E-state index is 0.0223. The number of rotatable bonds is 16. The monoisotopic (exact) mass is 579 g/mol. The second-order valence-electron chi connectivity index (χ2n) is 9.22. The lowest BCUT2D eigenvalue weighted by Crippen LogP contribution is -2.67. The van der Waals surface area contributed by atoms with E-state index in [4.69, 9.17) is 47.6 Å². The Morgan fingerprint density at radius 1 is 0.650 bits per heavy atom. The van der Waals surface area contributed by atoms with Crippen LogP contribution >= 0.6 is 0 Å². The molecule has 40 heavy (non-hydrogen) atoms. The van der Waals surface area contributed by atoms with Crippen LogP contribution < -0.4 is 28.7 Å². The van der Waals surface area contributed by atoms with E-state index in [9.17, 15) is 28.8 Å². The summed E-state index contributed by atoms with van der Waals surface area (Å²) in [5, 5.41) is 0. The van der Waals surface area contributed by atoms with Crippen molar-refractivity contribution in [1.29, 1.82) is 0 Å². The van der Waals surface area contributed by atoms with Gasteiger partial charge in [-0.25, -0.2) is 29.0 Å². The predicted molar refractivity (Wildman–Crippen MR) is 134 cm³/mol. The summed E-state index contributed by atoms with van der Waals surface area (Å²) in [6.45, 7) is 5.87. The van der Waals surface area contributed by atoms with E-state index in [1.807, 2.05) is 0 Å². The van der Waals surface area contributed by atoms with Crippen molar-refractivity contribution in [3.05, 3.63) is 0 Å². The maximum absolute atomic E-state index is 13.2. The number of carbonyl (C=O) groups excluding carboxylic acids is 6. The highest BCUT2D eigenvalue weighted by molar-refractivity contribution is 5.89. The van der Waals surface area contributed by atoms with E-state index in [-0.39, 0.29) is 38.8 Å². The zero-order valence-corrected chi connectivity index (χ0v) is 23.4. The maximum atomic E-state index is 13.2. The van der Waals surface area contributed by atoms with Crippen molar-refractivity contribution in [2.24, 2.45) is 34.6 Å². The molecule has 0 fully saturated rings. The number of hydrogen-bond acceptors (Lipinski definition) is 17. The van der Waals surface area contributed by atoms with Gasteiger partial charge in [0.2, 0.25) is 0 Å². The molecule has 17 heteroatoms. The van der Waals surface area contributed by atoms with Crippen LogP contribution in [-0.4, -0.2) is 72.2 Å². The Morgan fingerprint density at radius 2 is 1.20 bits per heavy atom. The predicted octanol–water partition coefficient (Wildman–Crippen LogP) is -1.92. The summed E-state index contributed by atoms with van der Waals surface area (Å²) in [7, 11) is 0. The fraction of sp³-hybridized carbons (Fsp3) is 0.739. The Kier molecular flexibility index (Phi) is 14.7. The molecular formula is C23H41N5O12. The van der Waals surface area contributed by atoms with Crippen LogP contribution in [0.4, 0.5) is 0 Å². The van der Waals surface area contributed by atoms with Crippen LogP contribution in [0.25, 0.3) is 0 Å². The van der Waals surface area contributed by atoms with Gasteiger partial charge in [0.15, 0.2) is 6.10 Å². The molecule has 0 heterocycles. The van der Waals surface area contributed by atoms with Crippen molar-refractivity contribution < 1.29 is 57.5 Å². The SMILES string of the molecule is CC(=O)OOC(=O)[C@](N)(OC(=O)[C@](N)(OC(C)=O)C(C)C)C(CCCN)OC(=O)[C@@](N)(CCCCN)OC(C)=O. The summed E-state index contributed by atoms with van der Waals surface area (Å²) in [6, 6.07) is 0. The quantitative estimate of drug-likeness (QED) is 0.0332. The fourth-order valence-electron chi connectivity index (χ4n) is 3.14. The molecule has 0 aromatic carbocycles. The molecule has 17 nitrogen and oxygen atoms in total. The van der Waals surface area contributed by atoms with Crippen LogP contribution in [0.5, 0.6) is 0 Å². The number of nitrogens with two attached hydrogens (primary N) is 5. The lowest BCUT2D eigenvalue weighted by Gasteiger charge is -2.38. The zero-order valence-electron chi connectivity index (χ0n) is 23.4. The Morgan fingerprint density at radius 3 is 1.65 bits per heavy atom. The molecule has 1 unspecified atom stereocenters. The van der Waals surface area contributed by atoms with Gasteiger partial charge in [-0.1, -0.05) is 13.8 Å². The van der Waals surface area contributed by atoms with Crippen molar-refractivity contribution >= 4 is 35.8 Å². The Hall–Kier alpha value is -3.38. The Labute approximate surface area is 231 Å². The first-order chi connectivity index (χ1) is 18.4. The molecular weight excluding hydrogens is 538 g/mol. The summed E-state index contributed by atoms with van der Waals surface area (Å²) in [4.78, 5) is 82.7. The van der Waals surface area contributed by atoms with E-state index < -0.39 is 65.0 Å². The topological polar surface area (TPSA) is 288 Å². The second kappa shape index (κ2) is 16.0. The van der Waals surface area contributed by atoms with Gasteiger partial charge in [0.25, 0.3) is 11.4 Å². The van der Waals surface area contributed by atoms with Crippen molar-refractivity contribution in [3.8, 4) is 0 Å². The molecule has 0 aliphatic rings. The summed E-state index contributed by atoms with van der Waals surface area (Å²) in [5.74, 6) is -8.58. The Balaban J connectivity index is 6.68. The van der Waals surface area contributed by atoms with E-state index in [0.29, 0.717) is 6.42 Å². The molecule has 0 aromatic rings. The van der Waals surface area contributed by atoms with Gasteiger partial charge in [0.05, 0.1) is 0 Å². The van der Waals surface area contributed by atoms with E-state index in [1.54, 1.807) is 0 Å². The molecule has 0 saturated heterocycles. The van der Waals surface area contributed by atoms with Crippen molar-refractivity contribution in [1.82, 2.24) is 0 Å². The van der Waals surface area contributed by atoms with Crippen LogP contribution in [0, 0.1) is 5.92 Å². The lowest BCUT2D eigenvalue weighted by atomic mass is 9.98. The third kappa shape index (κ3) is 10.6. The average Bonchev–Trinajstić information content (AvgIpc) is 2.83. The minimum atomic E-state index is -3.08. The second-order valence-corrected chi connectivity index (χ2v) is 9.22. The number of hydrogen-bond donors (Lipinski definition) is 5. The third-order valence-electron chi connectivity index (χ3n) is 5.38. The summed E-state index contributed by atoms with van der Waals surface area (Å²) in [6.07, 6.45) is -1.87. The van der Waals surface area contributed by atoms with Gasteiger partial charge < -0.3 is 30.4 Å². The summed E-state index contributed by atoms with van der Waals surface area (Å²) < 4.78 is 20.5. The minimum Gasteiger partial charge on any atom is -0.452 e. The molecule has 0 aliphatic carbocycles. The van der Waals surface area contributed by atoms with Crippen molar-refractivity contribution in [2.45, 2.75) is 90.0 Å². The summed E-state index contributed by atoms with van der Waals surface area (Å²) >= 11 is 0. The highest BCUT2D eigenvalue weighted by Crippen LogP contribution is 2.28. The maximum Gasteiger partial charge on any atom is 0.417 e. The van der Waals surface area contributed by atoms with E-state index in [0.717, 1.165) is 20.8 Å². The molecule has 4 atom stereocenters. The first-order valence-electron chi connectivity index (χ1n) is 12.4. The molecule has 0 spiro atoms. The van der Waals surface area contributed by atoms with Crippen LogP contribution in [0.2, 0.25) is 0 Å². The smallest absolute Gasteiger partial charge is 0.417 e. The van der Waals surface area contributed by atoms with Crippen LogP contribution in [0.1, 0.15) is 66.7 Å². The van der Waals surface area contributed by atoms with Gasteiger partial charge in [-0.2, -0.15) is 0 Å².